The van der Waals surface area contributed by atoms with Crippen molar-refractivity contribution in [2.75, 3.05) is 6.54 Å². The van der Waals surface area contributed by atoms with Crippen molar-refractivity contribution in [1.29, 1.82) is 0 Å². The number of amides is 1. The van der Waals surface area contributed by atoms with E-state index in [4.69, 9.17) is 0 Å². The number of quaternary nitrogens is 1. The highest BCUT2D eigenvalue weighted by Crippen LogP contribution is 2.08. The Morgan fingerprint density at radius 2 is 2.56 bits per heavy atom. The zero-order valence-electron chi connectivity index (χ0n) is 5.22. The molecule has 51 valence electrons. The van der Waals surface area contributed by atoms with E-state index in [1.807, 2.05) is 0 Å². The van der Waals surface area contributed by atoms with Gasteiger partial charge in [0.15, 0.2) is 0 Å². The van der Waals surface area contributed by atoms with Gasteiger partial charge in [0.05, 0.1) is 12.5 Å². The fraction of sp³-hybridized carbons (Fsp3) is 0.667. The molecule has 1 aliphatic heterocycles. The van der Waals surface area contributed by atoms with Gasteiger partial charge in [-0.3, -0.25) is 0 Å². The number of carbonyl (C=O) groups excluding carboxylic acids is 1. The van der Waals surface area contributed by atoms with Crippen molar-refractivity contribution in [2.45, 2.75) is 12.8 Å². The summed E-state index contributed by atoms with van der Waals surface area (Å²) in [6.07, 6.45) is 1.30. The van der Waals surface area contributed by atoms with E-state index in [1.165, 1.54) is 0 Å². The molecule has 0 aliphatic carbocycles. The maximum absolute atomic E-state index is 10.7. The largest absolute Gasteiger partial charge is 0.627 e. The van der Waals surface area contributed by atoms with Gasteiger partial charge in [-0.05, 0) is 6.42 Å². The molecule has 0 aromatic carbocycles. The van der Waals surface area contributed by atoms with Crippen LogP contribution in [0.5, 0.6) is 0 Å². The van der Waals surface area contributed by atoms with Crippen LogP contribution in [0.25, 0.3) is 0 Å². The lowest BCUT2D eigenvalue weighted by Crippen LogP contribution is -3.08. The zero-order valence-corrected chi connectivity index (χ0v) is 5.22. The van der Waals surface area contributed by atoms with Crippen LogP contribution in [-0.4, -0.2) is 12.5 Å². The smallest absolute Gasteiger partial charge is 0.315 e. The lowest BCUT2D eigenvalue weighted by molar-refractivity contribution is -0.755. The van der Waals surface area contributed by atoms with Gasteiger partial charge in [-0.1, -0.05) is 6.92 Å². The summed E-state index contributed by atoms with van der Waals surface area (Å²) in [6, 6.07) is 0. The average Bonchev–Trinajstić information content (AvgIpc) is 2.15. The van der Waals surface area contributed by atoms with Gasteiger partial charge < -0.3 is 10.3 Å². The van der Waals surface area contributed by atoms with Gasteiger partial charge in [0.1, 0.15) is 0 Å². The summed E-state index contributed by atoms with van der Waals surface area (Å²) < 4.78 is 0. The first-order chi connectivity index (χ1) is 4.25. The van der Waals surface area contributed by atoms with Crippen LogP contribution in [0, 0.1) is 18.0 Å². The van der Waals surface area contributed by atoms with Crippen LogP contribution in [0.3, 0.4) is 0 Å². The minimum absolute atomic E-state index is 0.0579. The second kappa shape index (κ2) is 2.45. The molecule has 9 heavy (non-hydrogen) atoms. The third-order valence-electron chi connectivity index (χ3n) is 1.71. The minimum atomic E-state index is -0.205. The Morgan fingerprint density at radius 3 is 2.78 bits per heavy atom. The number of nitrogens with one attached hydrogen (secondary N) is 1. The molecule has 1 rings (SSSR count). The SMILES string of the molecule is [CH2]CC1CC[NH+]([O-])C1=O. The molecule has 1 radical (unpaired) electrons. The van der Waals surface area contributed by atoms with Crippen LogP contribution in [0.4, 0.5) is 0 Å². The van der Waals surface area contributed by atoms with Gasteiger partial charge in [-0.2, -0.15) is 0 Å². The predicted molar refractivity (Wildman–Crippen MR) is 32.3 cm³/mol. The van der Waals surface area contributed by atoms with E-state index in [0.717, 1.165) is 6.42 Å². The minimum Gasteiger partial charge on any atom is -0.627 e. The Labute approximate surface area is 54.2 Å². The van der Waals surface area contributed by atoms with Crippen LogP contribution in [0.15, 0.2) is 0 Å². The maximum atomic E-state index is 10.7. The third kappa shape index (κ3) is 1.11. The summed E-state index contributed by atoms with van der Waals surface area (Å²) in [5, 5.41) is 10.4. The van der Waals surface area contributed by atoms with Crippen molar-refractivity contribution in [1.82, 2.24) is 0 Å². The van der Waals surface area contributed by atoms with Crippen molar-refractivity contribution >= 4 is 5.91 Å². The lowest BCUT2D eigenvalue weighted by Gasteiger charge is -2.10. The van der Waals surface area contributed by atoms with Crippen LogP contribution >= 0.6 is 0 Å². The van der Waals surface area contributed by atoms with Gasteiger partial charge in [0, 0.05) is 6.42 Å². The van der Waals surface area contributed by atoms with E-state index in [-0.39, 0.29) is 16.9 Å². The molecule has 0 saturated carbocycles. The van der Waals surface area contributed by atoms with E-state index < -0.39 is 0 Å². The van der Waals surface area contributed by atoms with E-state index in [9.17, 15) is 10.0 Å². The van der Waals surface area contributed by atoms with Crippen molar-refractivity contribution in [3.8, 4) is 0 Å². The van der Waals surface area contributed by atoms with Crippen molar-refractivity contribution < 1.29 is 9.86 Å². The van der Waals surface area contributed by atoms with Crippen molar-refractivity contribution in [3.63, 3.8) is 0 Å². The molecule has 1 N–H and O–H groups in total. The molecule has 1 amide bonds. The molecular weight excluding hydrogens is 118 g/mol. The fourth-order valence-corrected chi connectivity index (χ4v) is 1.06. The summed E-state index contributed by atoms with van der Waals surface area (Å²) in [5.41, 5.74) is 0. The number of hydrogen-bond acceptors (Lipinski definition) is 2. The first-order valence-corrected chi connectivity index (χ1v) is 3.12. The van der Waals surface area contributed by atoms with E-state index >= 15 is 0 Å². The average molecular weight is 128 g/mol. The highest BCUT2D eigenvalue weighted by Gasteiger charge is 2.30. The summed E-state index contributed by atoms with van der Waals surface area (Å²) in [6.45, 7) is 4.02. The van der Waals surface area contributed by atoms with Crippen LogP contribution in [0.2, 0.25) is 0 Å². The summed E-state index contributed by atoms with van der Waals surface area (Å²) >= 11 is 0. The number of rotatable bonds is 1. The second-order valence-corrected chi connectivity index (χ2v) is 2.31. The molecule has 1 fully saturated rings. The van der Waals surface area contributed by atoms with Crippen LogP contribution in [0.1, 0.15) is 12.8 Å². The summed E-state index contributed by atoms with van der Waals surface area (Å²) in [4.78, 5) is 10.7. The molecule has 3 heteroatoms. The first kappa shape index (κ1) is 6.71. The van der Waals surface area contributed by atoms with Gasteiger partial charge >= 0.3 is 5.91 Å². The molecule has 1 saturated heterocycles. The van der Waals surface area contributed by atoms with Crippen molar-refractivity contribution in [3.05, 3.63) is 12.1 Å². The summed E-state index contributed by atoms with van der Waals surface area (Å²) in [7, 11) is 0. The Morgan fingerprint density at radius 1 is 1.89 bits per heavy atom. The topological polar surface area (TPSA) is 44.6 Å². The van der Waals surface area contributed by atoms with E-state index in [0.29, 0.717) is 13.0 Å². The number of carbonyl (C=O) groups is 1. The van der Waals surface area contributed by atoms with Crippen LogP contribution < -0.4 is 5.06 Å². The highest BCUT2D eigenvalue weighted by atomic mass is 16.5. The Balaban J connectivity index is 2.51. The molecule has 0 spiro atoms. The molecular formula is C6H10NO2. The Hall–Kier alpha value is -0.410. The predicted octanol–water partition coefficient (Wildman–Crippen LogP) is -0.860. The molecule has 1 aliphatic rings. The number of hydroxylamine groups is 2. The lowest BCUT2D eigenvalue weighted by atomic mass is 10.1. The maximum Gasteiger partial charge on any atom is 0.315 e. The van der Waals surface area contributed by atoms with Crippen LogP contribution in [-0.2, 0) is 4.79 Å². The zero-order chi connectivity index (χ0) is 6.85. The Kier molecular flexibility index (Phi) is 1.83. The summed E-state index contributed by atoms with van der Waals surface area (Å²) in [5.74, 6) is -0.262. The second-order valence-electron chi connectivity index (χ2n) is 2.31. The van der Waals surface area contributed by atoms with E-state index in [1.54, 1.807) is 0 Å². The monoisotopic (exact) mass is 128 g/mol. The molecule has 2 unspecified atom stereocenters. The first-order valence-electron chi connectivity index (χ1n) is 3.12. The van der Waals surface area contributed by atoms with Gasteiger partial charge in [0.2, 0.25) is 0 Å². The van der Waals surface area contributed by atoms with Gasteiger partial charge in [-0.25, -0.2) is 4.79 Å². The molecule has 2 atom stereocenters. The molecule has 1 heterocycles. The number of hydrogen-bond donors (Lipinski definition) is 1. The van der Waals surface area contributed by atoms with Gasteiger partial charge in [-0.15, -0.1) is 0 Å². The van der Waals surface area contributed by atoms with Crippen molar-refractivity contribution in [2.24, 2.45) is 5.92 Å². The molecule has 0 bridgehead atoms. The standard InChI is InChI=1S/C6H10NO2/c1-2-5-3-4-7(9)6(5)8/h5,7H,1-4H2. The van der Waals surface area contributed by atoms with Gasteiger partial charge in [0.25, 0.3) is 0 Å². The quantitative estimate of drug-likeness (QED) is 0.467. The van der Waals surface area contributed by atoms with E-state index in [2.05, 4.69) is 6.92 Å². The molecule has 0 aromatic rings. The fourth-order valence-electron chi connectivity index (χ4n) is 1.06. The highest BCUT2D eigenvalue weighted by molar-refractivity contribution is 5.71. The molecule has 0 aromatic heterocycles. The Bertz CT molecular complexity index is 124. The third-order valence-corrected chi connectivity index (χ3v) is 1.71. The molecule has 3 nitrogen and oxygen atoms in total. The normalized spacial score (nSPS) is 35.6.